The van der Waals surface area contributed by atoms with Crippen LogP contribution in [0, 0.1) is 0 Å². The van der Waals surface area contributed by atoms with Gasteiger partial charge in [0.2, 0.25) is 0 Å². The van der Waals surface area contributed by atoms with Crippen LogP contribution in [0.1, 0.15) is 36.8 Å². The second kappa shape index (κ2) is 11.4. The van der Waals surface area contributed by atoms with Crippen LogP contribution in [0.25, 0.3) is 0 Å². The minimum absolute atomic E-state index is 0.147. The molecule has 2 aromatic rings. The van der Waals surface area contributed by atoms with Gasteiger partial charge in [-0.05, 0) is 30.4 Å². The summed E-state index contributed by atoms with van der Waals surface area (Å²) in [7, 11) is 0. The van der Waals surface area contributed by atoms with Crippen molar-refractivity contribution in [1.29, 1.82) is 0 Å². The molecular weight excluding hydrogens is 352 g/mol. The molecule has 3 heteroatoms. The number of alkyl halides is 1. The summed E-state index contributed by atoms with van der Waals surface area (Å²) in [6.07, 6.45) is 4.31. The molecule has 0 aromatic heterocycles. The highest BCUT2D eigenvalue weighted by molar-refractivity contribution is 9.09. The fourth-order valence-corrected chi connectivity index (χ4v) is 2.72. The molecule has 0 saturated carbocycles. The second-order valence-electron chi connectivity index (χ2n) is 5.56. The van der Waals surface area contributed by atoms with Crippen LogP contribution in [0.2, 0.25) is 0 Å². The van der Waals surface area contributed by atoms with Gasteiger partial charge in [-0.25, -0.2) is 0 Å². The fraction of sp³-hybridized carbons (Fsp3) is 0.400. The van der Waals surface area contributed by atoms with E-state index in [0.29, 0.717) is 13.2 Å². The SMILES string of the molecule is BrCCCCCC(OCc1ccccc1)OCc1ccccc1. The van der Waals surface area contributed by atoms with Crippen molar-refractivity contribution in [3.05, 3.63) is 71.8 Å². The van der Waals surface area contributed by atoms with Crippen LogP contribution in [0.4, 0.5) is 0 Å². The van der Waals surface area contributed by atoms with Crippen LogP contribution in [-0.2, 0) is 22.7 Å². The second-order valence-corrected chi connectivity index (χ2v) is 6.35. The number of ether oxygens (including phenoxy) is 2. The maximum absolute atomic E-state index is 6.00. The van der Waals surface area contributed by atoms with Gasteiger partial charge in [0.25, 0.3) is 0 Å². The molecule has 0 heterocycles. The zero-order chi connectivity index (χ0) is 16.2. The lowest BCUT2D eigenvalue weighted by atomic mass is 10.2. The van der Waals surface area contributed by atoms with Crippen molar-refractivity contribution in [2.45, 2.75) is 45.2 Å². The van der Waals surface area contributed by atoms with Gasteiger partial charge in [0.05, 0.1) is 13.2 Å². The summed E-state index contributed by atoms with van der Waals surface area (Å²) in [5, 5.41) is 1.06. The molecule has 0 spiro atoms. The summed E-state index contributed by atoms with van der Waals surface area (Å²) in [5.74, 6) is 0. The lowest BCUT2D eigenvalue weighted by Crippen LogP contribution is -2.17. The smallest absolute Gasteiger partial charge is 0.158 e. The van der Waals surface area contributed by atoms with Crippen molar-refractivity contribution in [3.8, 4) is 0 Å². The number of halogens is 1. The lowest BCUT2D eigenvalue weighted by Gasteiger charge is -2.19. The number of unbranched alkanes of at least 4 members (excludes halogenated alkanes) is 2. The van der Waals surface area contributed by atoms with Gasteiger partial charge >= 0.3 is 0 Å². The largest absolute Gasteiger partial charge is 0.348 e. The first-order valence-corrected chi connectivity index (χ1v) is 9.37. The highest BCUT2D eigenvalue weighted by atomic mass is 79.9. The van der Waals surface area contributed by atoms with E-state index in [1.807, 2.05) is 36.4 Å². The van der Waals surface area contributed by atoms with Crippen molar-refractivity contribution < 1.29 is 9.47 Å². The van der Waals surface area contributed by atoms with Gasteiger partial charge < -0.3 is 9.47 Å². The van der Waals surface area contributed by atoms with E-state index in [1.165, 1.54) is 24.0 Å². The van der Waals surface area contributed by atoms with Crippen molar-refractivity contribution >= 4 is 15.9 Å². The Morgan fingerprint density at radius 1 is 0.696 bits per heavy atom. The third-order valence-electron chi connectivity index (χ3n) is 3.63. The minimum atomic E-state index is -0.147. The predicted octanol–water partition coefficient (Wildman–Crippen LogP) is 5.70. The van der Waals surface area contributed by atoms with Crippen molar-refractivity contribution in [2.24, 2.45) is 0 Å². The van der Waals surface area contributed by atoms with Crippen molar-refractivity contribution in [3.63, 3.8) is 0 Å². The molecule has 0 aliphatic carbocycles. The van der Waals surface area contributed by atoms with E-state index in [1.54, 1.807) is 0 Å². The molecule has 2 rings (SSSR count). The summed E-state index contributed by atoms with van der Waals surface area (Å²) >= 11 is 3.48. The van der Waals surface area contributed by atoms with E-state index < -0.39 is 0 Å². The van der Waals surface area contributed by atoms with Gasteiger partial charge in [0.1, 0.15) is 0 Å². The van der Waals surface area contributed by atoms with Crippen LogP contribution in [0.5, 0.6) is 0 Å². The zero-order valence-corrected chi connectivity index (χ0v) is 15.1. The number of benzene rings is 2. The molecule has 0 aliphatic heterocycles. The highest BCUT2D eigenvalue weighted by Gasteiger charge is 2.10. The Bertz CT molecular complexity index is 472. The molecule has 0 radical (unpaired) electrons. The van der Waals surface area contributed by atoms with Crippen LogP contribution in [0.3, 0.4) is 0 Å². The van der Waals surface area contributed by atoms with E-state index in [-0.39, 0.29) is 6.29 Å². The third-order valence-corrected chi connectivity index (χ3v) is 4.19. The highest BCUT2D eigenvalue weighted by Crippen LogP contribution is 2.14. The van der Waals surface area contributed by atoms with Gasteiger partial charge in [0, 0.05) is 5.33 Å². The summed E-state index contributed by atoms with van der Waals surface area (Å²) < 4.78 is 12.0. The first-order chi connectivity index (χ1) is 11.4. The van der Waals surface area contributed by atoms with Gasteiger partial charge in [-0.1, -0.05) is 83.0 Å². The summed E-state index contributed by atoms with van der Waals surface area (Å²) in [6, 6.07) is 20.5. The summed E-state index contributed by atoms with van der Waals surface area (Å²) in [4.78, 5) is 0. The molecule has 0 saturated heterocycles. The molecule has 2 aromatic carbocycles. The number of hydrogen-bond acceptors (Lipinski definition) is 2. The Kier molecular flexibility index (Phi) is 9.00. The first-order valence-electron chi connectivity index (χ1n) is 8.25. The molecule has 23 heavy (non-hydrogen) atoms. The zero-order valence-electron chi connectivity index (χ0n) is 13.5. The van der Waals surface area contributed by atoms with Crippen LogP contribution >= 0.6 is 15.9 Å². The Balaban J connectivity index is 1.80. The molecule has 0 bridgehead atoms. The van der Waals surface area contributed by atoms with Gasteiger partial charge in [0.15, 0.2) is 6.29 Å². The maximum atomic E-state index is 6.00. The molecule has 0 amide bonds. The molecule has 0 fully saturated rings. The Labute approximate surface area is 148 Å². The van der Waals surface area contributed by atoms with Crippen LogP contribution in [0.15, 0.2) is 60.7 Å². The Morgan fingerprint density at radius 3 is 1.70 bits per heavy atom. The Hall–Kier alpha value is -1.16. The molecule has 0 unspecified atom stereocenters. The van der Waals surface area contributed by atoms with Gasteiger partial charge in [-0.15, -0.1) is 0 Å². The van der Waals surface area contributed by atoms with E-state index >= 15 is 0 Å². The first kappa shape index (κ1) is 18.2. The quantitative estimate of drug-likeness (QED) is 0.284. The Morgan fingerprint density at radius 2 is 1.22 bits per heavy atom. The average Bonchev–Trinajstić information content (AvgIpc) is 2.62. The topological polar surface area (TPSA) is 18.5 Å². The summed E-state index contributed by atoms with van der Waals surface area (Å²) in [6.45, 7) is 1.19. The fourth-order valence-electron chi connectivity index (χ4n) is 2.32. The maximum Gasteiger partial charge on any atom is 0.158 e. The number of hydrogen-bond donors (Lipinski definition) is 0. The molecule has 0 aliphatic rings. The normalized spacial score (nSPS) is 11.0. The monoisotopic (exact) mass is 376 g/mol. The molecule has 0 N–H and O–H groups in total. The third kappa shape index (κ3) is 7.78. The molecular formula is C20H25BrO2. The van der Waals surface area contributed by atoms with Gasteiger partial charge in [-0.3, -0.25) is 0 Å². The van der Waals surface area contributed by atoms with Crippen molar-refractivity contribution in [1.82, 2.24) is 0 Å². The van der Waals surface area contributed by atoms with E-state index in [0.717, 1.165) is 18.2 Å². The predicted molar refractivity (Wildman–Crippen MR) is 98.5 cm³/mol. The van der Waals surface area contributed by atoms with Crippen LogP contribution < -0.4 is 0 Å². The van der Waals surface area contributed by atoms with Crippen LogP contribution in [-0.4, -0.2) is 11.6 Å². The molecule has 0 atom stereocenters. The molecule has 124 valence electrons. The van der Waals surface area contributed by atoms with Gasteiger partial charge in [-0.2, -0.15) is 0 Å². The average molecular weight is 377 g/mol. The summed E-state index contributed by atoms with van der Waals surface area (Å²) in [5.41, 5.74) is 2.36. The lowest BCUT2D eigenvalue weighted by molar-refractivity contribution is -0.160. The van der Waals surface area contributed by atoms with E-state index in [9.17, 15) is 0 Å². The van der Waals surface area contributed by atoms with E-state index in [4.69, 9.17) is 9.47 Å². The minimum Gasteiger partial charge on any atom is -0.348 e. The van der Waals surface area contributed by atoms with E-state index in [2.05, 4.69) is 40.2 Å². The van der Waals surface area contributed by atoms with Crippen molar-refractivity contribution in [2.75, 3.05) is 5.33 Å². The standard InChI is InChI=1S/C20H25BrO2/c21-15-9-3-8-14-20(22-16-18-10-4-1-5-11-18)23-17-19-12-6-2-7-13-19/h1-2,4-7,10-13,20H,3,8-9,14-17H2. The number of rotatable bonds is 11. The molecule has 2 nitrogen and oxygen atoms in total.